The summed E-state index contributed by atoms with van der Waals surface area (Å²) < 4.78 is 0. The van der Waals surface area contributed by atoms with E-state index >= 15 is 0 Å². The molecule has 2 rings (SSSR count). The molecule has 0 bridgehead atoms. The predicted molar refractivity (Wildman–Crippen MR) is 82.8 cm³/mol. The summed E-state index contributed by atoms with van der Waals surface area (Å²) in [5.74, 6) is 0.651. The van der Waals surface area contributed by atoms with Crippen LogP contribution in [0, 0.1) is 5.92 Å². The SMILES string of the molecule is CC(N)C1CCN(C(C)c2cc(Cl)ccc2Cl)CC1. The fourth-order valence-corrected chi connectivity index (χ4v) is 3.32. The Morgan fingerprint density at radius 2 is 1.84 bits per heavy atom. The first kappa shape index (κ1) is 15.1. The maximum Gasteiger partial charge on any atom is 0.0454 e. The Kier molecular flexibility index (Phi) is 5.13. The second-order valence-corrected chi connectivity index (χ2v) is 6.42. The van der Waals surface area contributed by atoms with Crippen LogP contribution >= 0.6 is 23.2 Å². The number of halogens is 2. The summed E-state index contributed by atoms with van der Waals surface area (Å²) >= 11 is 12.4. The lowest BCUT2D eigenvalue weighted by Crippen LogP contribution is -2.40. The van der Waals surface area contributed by atoms with E-state index < -0.39 is 0 Å². The summed E-state index contributed by atoms with van der Waals surface area (Å²) in [4.78, 5) is 2.47. The monoisotopic (exact) mass is 300 g/mol. The van der Waals surface area contributed by atoms with Gasteiger partial charge in [0, 0.05) is 22.1 Å². The summed E-state index contributed by atoms with van der Waals surface area (Å²) in [6, 6.07) is 6.30. The van der Waals surface area contributed by atoms with Gasteiger partial charge >= 0.3 is 0 Å². The lowest BCUT2D eigenvalue weighted by atomic mass is 9.90. The molecular weight excluding hydrogens is 279 g/mol. The highest BCUT2D eigenvalue weighted by Gasteiger charge is 2.26. The van der Waals surface area contributed by atoms with Crippen molar-refractivity contribution >= 4 is 23.2 Å². The molecule has 0 radical (unpaired) electrons. The normalized spacial score (nSPS) is 21.3. The molecule has 4 heteroatoms. The Labute approximate surface area is 125 Å². The van der Waals surface area contributed by atoms with Crippen molar-refractivity contribution in [1.82, 2.24) is 4.90 Å². The summed E-state index contributed by atoms with van der Waals surface area (Å²) in [5, 5.41) is 1.54. The molecule has 0 aliphatic carbocycles. The van der Waals surface area contributed by atoms with E-state index in [1.54, 1.807) is 0 Å². The molecule has 2 N–H and O–H groups in total. The van der Waals surface area contributed by atoms with Gasteiger partial charge in [-0.05, 0) is 69.5 Å². The van der Waals surface area contributed by atoms with Gasteiger partial charge in [-0.1, -0.05) is 23.2 Å². The smallest absolute Gasteiger partial charge is 0.0454 e. The van der Waals surface area contributed by atoms with Gasteiger partial charge in [-0.3, -0.25) is 4.90 Å². The molecule has 0 amide bonds. The highest BCUT2D eigenvalue weighted by atomic mass is 35.5. The minimum absolute atomic E-state index is 0.298. The molecule has 1 aliphatic heterocycles. The molecule has 0 aromatic heterocycles. The predicted octanol–water partition coefficient (Wildman–Crippen LogP) is 4.11. The molecule has 1 fully saturated rings. The van der Waals surface area contributed by atoms with Crippen molar-refractivity contribution in [2.75, 3.05) is 13.1 Å². The van der Waals surface area contributed by atoms with Crippen LogP contribution < -0.4 is 5.73 Å². The van der Waals surface area contributed by atoms with Crippen LogP contribution in [0.25, 0.3) is 0 Å². The third kappa shape index (κ3) is 3.63. The summed E-state index contributed by atoms with van der Waals surface area (Å²) in [7, 11) is 0. The standard InChI is InChI=1S/C15H22Cl2N2/c1-10(18)12-5-7-19(8-6-12)11(2)14-9-13(16)3-4-15(14)17/h3-4,9-12H,5-8,18H2,1-2H3. The zero-order chi connectivity index (χ0) is 14.0. The first-order chi connectivity index (χ1) is 8.99. The fraction of sp³-hybridized carbons (Fsp3) is 0.600. The number of nitrogens with two attached hydrogens (primary N) is 1. The van der Waals surface area contributed by atoms with E-state index in [1.807, 2.05) is 18.2 Å². The number of rotatable bonds is 3. The molecule has 0 spiro atoms. The van der Waals surface area contributed by atoms with Gasteiger partial charge in [0.1, 0.15) is 0 Å². The first-order valence-corrected chi connectivity index (χ1v) is 7.69. The Hall–Kier alpha value is -0.280. The van der Waals surface area contributed by atoms with Crippen molar-refractivity contribution < 1.29 is 0 Å². The number of hydrogen-bond donors (Lipinski definition) is 1. The second kappa shape index (κ2) is 6.45. The van der Waals surface area contributed by atoms with E-state index in [1.165, 1.54) is 12.8 Å². The summed E-state index contributed by atoms with van der Waals surface area (Å²) in [5.41, 5.74) is 7.11. The molecule has 1 aromatic carbocycles. The quantitative estimate of drug-likeness (QED) is 0.910. The van der Waals surface area contributed by atoms with E-state index in [9.17, 15) is 0 Å². The van der Waals surface area contributed by atoms with Gasteiger partial charge in [-0.25, -0.2) is 0 Å². The van der Waals surface area contributed by atoms with E-state index in [2.05, 4.69) is 18.7 Å². The lowest BCUT2D eigenvalue weighted by molar-refractivity contribution is 0.132. The third-order valence-electron chi connectivity index (χ3n) is 4.27. The van der Waals surface area contributed by atoms with Crippen LogP contribution in [0.1, 0.15) is 38.3 Å². The fourth-order valence-electron chi connectivity index (χ4n) is 2.86. The molecule has 1 heterocycles. The topological polar surface area (TPSA) is 29.3 Å². The van der Waals surface area contributed by atoms with Crippen LogP contribution in [0.2, 0.25) is 10.0 Å². The average molecular weight is 301 g/mol. The van der Waals surface area contributed by atoms with Crippen LogP contribution in [0.3, 0.4) is 0 Å². The minimum Gasteiger partial charge on any atom is -0.328 e. The molecular formula is C15H22Cl2N2. The number of nitrogens with zero attached hydrogens (tertiary/aromatic N) is 1. The molecule has 106 valence electrons. The van der Waals surface area contributed by atoms with E-state index in [0.717, 1.165) is 28.7 Å². The molecule has 2 atom stereocenters. The average Bonchev–Trinajstić information content (AvgIpc) is 2.41. The van der Waals surface area contributed by atoms with Crippen molar-refractivity contribution in [3.8, 4) is 0 Å². The van der Waals surface area contributed by atoms with Gasteiger partial charge in [-0.15, -0.1) is 0 Å². The minimum atomic E-state index is 0.298. The summed E-state index contributed by atoms with van der Waals surface area (Å²) in [6.45, 7) is 6.47. The molecule has 2 unspecified atom stereocenters. The van der Waals surface area contributed by atoms with Gasteiger partial charge < -0.3 is 5.73 Å². The maximum absolute atomic E-state index is 6.28. The van der Waals surface area contributed by atoms with Gasteiger partial charge in [0.15, 0.2) is 0 Å². The van der Waals surface area contributed by atoms with Crippen LogP contribution in [-0.4, -0.2) is 24.0 Å². The van der Waals surface area contributed by atoms with E-state index in [4.69, 9.17) is 28.9 Å². The molecule has 1 aliphatic rings. The molecule has 1 aromatic rings. The largest absolute Gasteiger partial charge is 0.328 e. The highest BCUT2D eigenvalue weighted by Crippen LogP contribution is 2.32. The van der Waals surface area contributed by atoms with Crippen molar-refractivity contribution in [3.63, 3.8) is 0 Å². The lowest BCUT2D eigenvalue weighted by Gasteiger charge is -2.37. The zero-order valence-corrected chi connectivity index (χ0v) is 13.1. The Balaban J connectivity index is 2.05. The van der Waals surface area contributed by atoms with Gasteiger partial charge in [0.2, 0.25) is 0 Å². The number of hydrogen-bond acceptors (Lipinski definition) is 2. The van der Waals surface area contributed by atoms with Crippen molar-refractivity contribution in [2.24, 2.45) is 11.7 Å². The van der Waals surface area contributed by atoms with Gasteiger partial charge in [0.25, 0.3) is 0 Å². The maximum atomic E-state index is 6.28. The third-order valence-corrected chi connectivity index (χ3v) is 4.85. The number of likely N-dealkylation sites (tertiary alicyclic amines) is 1. The van der Waals surface area contributed by atoms with Crippen LogP contribution in [0.4, 0.5) is 0 Å². The second-order valence-electron chi connectivity index (χ2n) is 5.57. The molecule has 0 saturated carbocycles. The number of benzene rings is 1. The molecule has 19 heavy (non-hydrogen) atoms. The molecule has 1 saturated heterocycles. The van der Waals surface area contributed by atoms with Crippen LogP contribution in [-0.2, 0) is 0 Å². The highest BCUT2D eigenvalue weighted by molar-refractivity contribution is 6.33. The molecule has 2 nitrogen and oxygen atoms in total. The van der Waals surface area contributed by atoms with Crippen molar-refractivity contribution in [1.29, 1.82) is 0 Å². The van der Waals surface area contributed by atoms with Crippen molar-refractivity contribution in [2.45, 2.75) is 38.8 Å². The van der Waals surface area contributed by atoms with Crippen LogP contribution in [0.15, 0.2) is 18.2 Å². The zero-order valence-electron chi connectivity index (χ0n) is 11.6. The van der Waals surface area contributed by atoms with Crippen LogP contribution in [0.5, 0.6) is 0 Å². The van der Waals surface area contributed by atoms with Gasteiger partial charge in [0.05, 0.1) is 0 Å². The Morgan fingerprint density at radius 1 is 1.21 bits per heavy atom. The van der Waals surface area contributed by atoms with E-state index in [-0.39, 0.29) is 0 Å². The first-order valence-electron chi connectivity index (χ1n) is 6.93. The van der Waals surface area contributed by atoms with Gasteiger partial charge in [-0.2, -0.15) is 0 Å². The Bertz CT molecular complexity index is 426. The number of piperidine rings is 1. The Morgan fingerprint density at radius 3 is 2.42 bits per heavy atom. The summed E-state index contributed by atoms with van der Waals surface area (Å²) in [6.07, 6.45) is 2.33. The van der Waals surface area contributed by atoms with E-state index in [0.29, 0.717) is 18.0 Å². The van der Waals surface area contributed by atoms with Crippen molar-refractivity contribution in [3.05, 3.63) is 33.8 Å².